The topological polar surface area (TPSA) is 72.4 Å². The molecule has 0 aromatic heterocycles. The Labute approximate surface area is 114 Å². The number of unbranched alkanes of at least 4 members (excludes halogenated alkanes) is 2. The van der Waals surface area contributed by atoms with Gasteiger partial charge in [0.1, 0.15) is 0 Å². The van der Waals surface area contributed by atoms with Crippen molar-refractivity contribution in [2.75, 3.05) is 23.7 Å². The van der Waals surface area contributed by atoms with Crippen molar-refractivity contribution in [1.82, 2.24) is 0 Å². The largest absolute Gasteiger partial charge is 0.398 e. The van der Waals surface area contributed by atoms with Crippen LogP contribution in [0.25, 0.3) is 0 Å². The Morgan fingerprint density at radius 3 is 2.21 bits per heavy atom. The molecule has 0 spiro atoms. The van der Waals surface area contributed by atoms with Crippen LogP contribution in [0.1, 0.15) is 39.5 Å². The molecule has 0 radical (unpaired) electrons. The summed E-state index contributed by atoms with van der Waals surface area (Å²) in [4.78, 5) is 12.7. The molecule has 0 fully saturated rings. The summed E-state index contributed by atoms with van der Waals surface area (Å²) in [7, 11) is 0. The van der Waals surface area contributed by atoms with Gasteiger partial charge in [0.05, 0.1) is 4.92 Å². The molecule has 0 unspecified atom stereocenters. The Morgan fingerprint density at radius 1 is 1.16 bits per heavy atom. The number of nitro groups is 1. The number of nitro benzene ring substituents is 1. The molecule has 0 saturated carbocycles. The highest BCUT2D eigenvalue weighted by molar-refractivity contribution is 5.62. The minimum atomic E-state index is -0.391. The molecule has 0 aliphatic heterocycles. The summed E-state index contributed by atoms with van der Waals surface area (Å²) in [6.07, 6.45) is 4.36. The van der Waals surface area contributed by atoms with Crippen molar-refractivity contribution < 1.29 is 4.92 Å². The molecule has 5 nitrogen and oxygen atoms in total. The van der Waals surface area contributed by atoms with Gasteiger partial charge in [-0.15, -0.1) is 0 Å². The van der Waals surface area contributed by atoms with Gasteiger partial charge < -0.3 is 10.6 Å². The maximum Gasteiger partial charge on any atom is 0.273 e. The quantitative estimate of drug-likeness (QED) is 0.443. The molecule has 0 heterocycles. The number of rotatable bonds is 8. The normalized spacial score (nSPS) is 10.4. The van der Waals surface area contributed by atoms with E-state index in [9.17, 15) is 10.1 Å². The summed E-state index contributed by atoms with van der Waals surface area (Å²) in [6.45, 7) is 6.10. The van der Waals surface area contributed by atoms with Gasteiger partial charge in [-0.25, -0.2) is 0 Å². The summed E-state index contributed by atoms with van der Waals surface area (Å²) in [5.74, 6) is 0. The lowest BCUT2D eigenvalue weighted by molar-refractivity contribution is -0.384. The Balaban J connectivity index is 2.95. The molecule has 0 aliphatic carbocycles. The summed E-state index contributed by atoms with van der Waals surface area (Å²) in [6, 6.07) is 4.83. The smallest absolute Gasteiger partial charge is 0.273 e. The first-order valence-electron chi connectivity index (χ1n) is 6.88. The molecule has 5 heteroatoms. The first-order chi connectivity index (χ1) is 9.08. The number of nitrogens with zero attached hydrogens (tertiary/aromatic N) is 2. The van der Waals surface area contributed by atoms with Gasteiger partial charge in [-0.1, -0.05) is 26.7 Å². The van der Waals surface area contributed by atoms with Crippen LogP contribution < -0.4 is 10.6 Å². The fraction of sp³-hybridized carbons (Fsp3) is 0.571. The molecule has 2 N–H and O–H groups in total. The molecular formula is C14H23N3O2. The Hall–Kier alpha value is -1.78. The Bertz CT molecular complexity index is 413. The van der Waals surface area contributed by atoms with Crippen LogP contribution in [-0.4, -0.2) is 18.0 Å². The van der Waals surface area contributed by atoms with Crippen molar-refractivity contribution in [1.29, 1.82) is 0 Å². The lowest BCUT2D eigenvalue weighted by Gasteiger charge is -2.24. The molecule has 0 atom stereocenters. The maximum atomic E-state index is 10.9. The second kappa shape index (κ2) is 7.61. The van der Waals surface area contributed by atoms with Crippen molar-refractivity contribution in [3.63, 3.8) is 0 Å². The number of anilines is 2. The van der Waals surface area contributed by atoms with Gasteiger partial charge in [-0.3, -0.25) is 10.1 Å². The van der Waals surface area contributed by atoms with Gasteiger partial charge in [-0.05, 0) is 18.9 Å². The molecule has 0 bridgehead atoms. The van der Waals surface area contributed by atoms with Crippen molar-refractivity contribution in [3.05, 3.63) is 28.3 Å². The minimum Gasteiger partial charge on any atom is -0.398 e. The van der Waals surface area contributed by atoms with E-state index < -0.39 is 4.92 Å². The van der Waals surface area contributed by atoms with Crippen molar-refractivity contribution in [3.8, 4) is 0 Å². The van der Waals surface area contributed by atoms with E-state index in [1.54, 1.807) is 6.07 Å². The fourth-order valence-electron chi connectivity index (χ4n) is 1.97. The highest BCUT2D eigenvalue weighted by Crippen LogP contribution is 2.26. The molecule has 0 amide bonds. The SMILES string of the molecule is CCCCN(CCCC)c1cc(N)cc([N+](=O)[O-])c1. The Kier molecular flexibility index (Phi) is 6.12. The van der Waals surface area contributed by atoms with Crippen molar-refractivity contribution in [2.24, 2.45) is 0 Å². The second-order valence-electron chi connectivity index (χ2n) is 4.73. The van der Waals surface area contributed by atoms with Gasteiger partial charge in [0.15, 0.2) is 0 Å². The maximum absolute atomic E-state index is 10.9. The highest BCUT2D eigenvalue weighted by atomic mass is 16.6. The first kappa shape index (κ1) is 15.3. The van der Waals surface area contributed by atoms with Gasteiger partial charge in [0.25, 0.3) is 5.69 Å². The number of benzene rings is 1. The van der Waals surface area contributed by atoms with Crippen molar-refractivity contribution in [2.45, 2.75) is 39.5 Å². The summed E-state index contributed by atoms with van der Waals surface area (Å²) in [5.41, 5.74) is 7.13. The number of nitrogens with two attached hydrogens (primary N) is 1. The fourth-order valence-corrected chi connectivity index (χ4v) is 1.97. The third-order valence-corrected chi connectivity index (χ3v) is 3.06. The van der Waals surface area contributed by atoms with E-state index in [-0.39, 0.29) is 5.69 Å². The van der Waals surface area contributed by atoms with E-state index in [4.69, 9.17) is 5.73 Å². The van der Waals surface area contributed by atoms with E-state index in [1.165, 1.54) is 6.07 Å². The standard InChI is InChI=1S/C14H23N3O2/c1-3-5-7-16(8-6-4-2)13-9-12(15)10-14(11-13)17(18)19/h9-11H,3-8,15H2,1-2H3. The van der Waals surface area contributed by atoms with E-state index in [0.717, 1.165) is 44.5 Å². The predicted octanol–water partition coefficient (Wildman–Crippen LogP) is 3.58. The van der Waals surface area contributed by atoms with Crippen LogP contribution in [0.5, 0.6) is 0 Å². The van der Waals surface area contributed by atoms with Gasteiger partial charge in [-0.2, -0.15) is 0 Å². The van der Waals surface area contributed by atoms with Crippen LogP contribution in [0, 0.1) is 10.1 Å². The summed E-state index contributed by atoms with van der Waals surface area (Å²) >= 11 is 0. The first-order valence-corrected chi connectivity index (χ1v) is 6.88. The lowest BCUT2D eigenvalue weighted by Crippen LogP contribution is -2.25. The summed E-state index contributed by atoms with van der Waals surface area (Å²) < 4.78 is 0. The zero-order valence-electron chi connectivity index (χ0n) is 11.8. The van der Waals surface area contributed by atoms with Crippen LogP contribution in [0.3, 0.4) is 0 Å². The van der Waals surface area contributed by atoms with Crippen LogP contribution in [0.4, 0.5) is 17.1 Å². The monoisotopic (exact) mass is 265 g/mol. The third kappa shape index (κ3) is 4.77. The molecule has 1 aromatic rings. The van der Waals surface area contributed by atoms with E-state index >= 15 is 0 Å². The zero-order valence-corrected chi connectivity index (χ0v) is 11.8. The van der Waals surface area contributed by atoms with Crippen LogP contribution in [-0.2, 0) is 0 Å². The van der Waals surface area contributed by atoms with E-state index in [2.05, 4.69) is 18.7 Å². The van der Waals surface area contributed by atoms with Crippen LogP contribution >= 0.6 is 0 Å². The molecule has 106 valence electrons. The zero-order chi connectivity index (χ0) is 14.3. The van der Waals surface area contributed by atoms with Crippen molar-refractivity contribution >= 4 is 17.1 Å². The average molecular weight is 265 g/mol. The minimum absolute atomic E-state index is 0.0630. The molecule has 1 rings (SSSR count). The highest BCUT2D eigenvalue weighted by Gasteiger charge is 2.13. The molecular weight excluding hydrogens is 242 g/mol. The van der Waals surface area contributed by atoms with Crippen LogP contribution in [0.15, 0.2) is 18.2 Å². The molecule has 1 aromatic carbocycles. The van der Waals surface area contributed by atoms with Gasteiger partial charge in [0.2, 0.25) is 0 Å². The lowest BCUT2D eigenvalue weighted by atomic mass is 10.2. The average Bonchev–Trinajstić information content (AvgIpc) is 2.38. The number of hydrogen-bond donors (Lipinski definition) is 1. The predicted molar refractivity (Wildman–Crippen MR) is 79.5 cm³/mol. The van der Waals surface area contributed by atoms with Crippen LogP contribution in [0.2, 0.25) is 0 Å². The van der Waals surface area contributed by atoms with Gasteiger partial charge >= 0.3 is 0 Å². The molecule has 19 heavy (non-hydrogen) atoms. The Morgan fingerprint density at radius 2 is 1.74 bits per heavy atom. The van der Waals surface area contributed by atoms with E-state index in [1.807, 2.05) is 6.07 Å². The van der Waals surface area contributed by atoms with Gasteiger partial charge in [0, 0.05) is 36.6 Å². The van der Waals surface area contributed by atoms with E-state index in [0.29, 0.717) is 5.69 Å². The molecule has 0 saturated heterocycles. The number of hydrogen-bond acceptors (Lipinski definition) is 4. The number of non-ortho nitro benzene ring substituents is 1. The third-order valence-electron chi connectivity index (χ3n) is 3.06. The second-order valence-corrected chi connectivity index (χ2v) is 4.73. The molecule has 0 aliphatic rings. The number of nitrogen functional groups attached to an aromatic ring is 1. The summed E-state index contributed by atoms with van der Waals surface area (Å²) in [5, 5.41) is 10.9.